The van der Waals surface area contributed by atoms with Crippen LogP contribution in [0, 0.1) is 0 Å². The minimum Gasteiger partial charge on any atom is -0.490 e. The molecule has 16 heteroatoms. The topological polar surface area (TPSA) is 204 Å². The third-order valence-electron chi connectivity index (χ3n) is 18.8. The molecule has 74 heavy (non-hydrogen) atoms. The largest absolute Gasteiger partial charge is 0.490 e. The Morgan fingerprint density at radius 2 is 0.878 bits per heavy atom. The summed E-state index contributed by atoms with van der Waals surface area (Å²) in [7, 11) is -11.0. The molecule has 2 spiro atoms. The molecule has 0 aromatic heterocycles. The van der Waals surface area contributed by atoms with Gasteiger partial charge >= 0.3 is 22.8 Å². The summed E-state index contributed by atoms with van der Waals surface area (Å²) in [6, 6.07) is 22.3. The first-order valence-electron chi connectivity index (χ1n) is 25.3. The molecule has 1 aliphatic heterocycles. The lowest BCUT2D eigenvalue weighted by atomic mass is 9.47. The van der Waals surface area contributed by atoms with Crippen molar-refractivity contribution in [3.63, 3.8) is 0 Å². The summed E-state index contributed by atoms with van der Waals surface area (Å²) >= 11 is 0. The molecule has 3 atom stereocenters. The summed E-state index contributed by atoms with van der Waals surface area (Å²) < 4.78 is 56.1. The Morgan fingerprint density at radius 1 is 0.473 bits per heavy atom. The second kappa shape index (κ2) is 12.8. The highest BCUT2D eigenvalue weighted by Crippen LogP contribution is 2.78. The van der Waals surface area contributed by atoms with Gasteiger partial charge in [0.1, 0.15) is 0 Å². The van der Waals surface area contributed by atoms with Crippen molar-refractivity contribution in [3.8, 4) is 17.2 Å². The maximum atomic E-state index is 12.3. The van der Waals surface area contributed by atoms with E-state index in [1.807, 2.05) is 6.07 Å². The Morgan fingerprint density at radius 3 is 1.41 bits per heavy atom. The molecule has 6 N–H and O–H groups in total. The Labute approximate surface area is 418 Å². The van der Waals surface area contributed by atoms with Crippen molar-refractivity contribution in [1.29, 1.82) is 0 Å². The predicted octanol–water partition coefficient (Wildman–Crippen LogP) is 9.79. The number of allylic oxidation sites excluding steroid dienone is 2. The SMILES string of the molecule is CN1CC23C4=c5ccc6c7ccc8c9ccc%10c%11ccc%12c%13c(c%14c%15c2c5c6c2c7c8c5c9c%10c(c%13%11)c%14c5c%152)C3(C=%12C=C4)C1c1ccc(OCCCP(=O)(O)O)c(OCCCP(=O)(O)O)c1OCCCP(=O)(O)O. The third-order valence-corrected chi connectivity index (χ3v) is 21.5. The maximum absolute atomic E-state index is 12.3. The van der Waals surface area contributed by atoms with Crippen LogP contribution < -0.4 is 24.6 Å². The van der Waals surface area contributed by atoms with Gasteiger partial charge in [0, 0.05) is 12.1 Å². The number of nitrogens with zero attached hydrogens (tertiary/aromatic N) is 1. The summed E-state index contributed by atoms with van der Waals surface area (Å²) in [4.78, 5) is 61.6. The molecule has 0 amide bonds. The fraction of sp³-hybridized carbons (Fsp3) is 0.241. The van der Waals surface area contributed by atoms with Crippen molar-refractivity contribution in [1.82, 2.24) is 4.90 Å². The summed E-state index contributed by atoms with van der Waals surface area (Å²) in [5.74, 6) is 0.646. The van der Waals surface area contributed by atoms with Crippen LogP contribution in [-0.2, 0) is 24.5 Å². The Hall–Kier alpha value is -5.91. The van der Waals surface area contributed by atoms with E-state index in [1.54, 1.807) is 6.07 Å². The zero-order chi connectivity index (χ0) is 49.8. The highest BCUT2D eigenvalue weighted by atomic mass is 31.2. The number of ether oxygens (including phenoxy) is 3. The number of likely N-dealkylation sites (tertiary alicyclic amines) is 1. The molecular weight excluding hydrogens is 996 g/mol. The molecule has 13 aromatic carbocycles. The van der Waals surface area contributed by atoms with Crippen LogP contribution in [0.15, 0.2) is 72.8 Å². The average molecular weight is 1040 g/mol. The Kier molecular flexibility index (Phi) is 7.34. The van der Waals surface area contributed by atoms with Gasteiger partial charge in [-0.1, -0.05) is 60.7 Å². The van der Waals surface area contributed by atoms with Crippen LogP contribution >= 0.6 is 22.8 Å². The van der Waals surface area contributed by atoms with E-state index in [9.17, 15) is 43.1 Å². The zero-order valence-electron chi connectivity index (χ0n) is 39.5. The van der Waals surface area contributed by atoms with Crippen LogP contribution in [0.3, 0.4) is 0 Å². The quantitative estimate of drug-likeness (QED) is 0.0304. The molecule has 3 unspecified atom stereocenters. The number of hydrogen-bond acceptors (Lipinski definition) is 7. The van der Waals surface area contributed by atoms with Gasteiger partial charge in [-0.2, -0.15) is 0 Å². The van der Waals surface area contributed by atoms with Crippen LogP contribution in [0.4, 0.5) is 0 Å². The number of rotatable bonds is 16. The van der Waals surface area contributed by atoms with Gasteiger partial charge in [0.15, 0.2) is 11.5 Å². The molecule has 0 radical (unpaired) electrons. The van der Waals surface area contributed by atoms with Gasteiger partial charge in [-0.25, -0.2) is 0 Å². The molecular formula is C58H42NO12P3. The van der Waals surface area contributed by atoms with Crippen molar-refractivity contribution in [2.75, 3.05) is 51.9 Å². The predicted molar refractivity (Wildman–Crippen MR) is 290 cm³/mol. The van der Waals surface area contributed by atoms with Crippen LogP contribution in [0.2, 0.25) is 0 Å². The van der Waals surface area contributed by atoms with Crippen LogP contribution in [0.25, 0.3) is 130 Å². The minimum atomic E-state index is -4.41. The van der Waals surface area contributed by atoms with E-state index < -0.39 is 58.1 Å². The van der Waals surface area contributed by atoms with Gasteiger partial charge in [-0.15, -0.1) is 0 Å². The minimum absolute atomic E-state index is 0.00728. The van der Waals surface area contributed by atoms with Crippen molar-refractivity contribution in [2.24, 2.45) is 0 Å². The first-order valence-corrected chi connectivity index (χ1v) is 30.7. The molecule has 5 aliphatic rings. The lowest BCUT2D eigenvalue weighted by Gasteiger charge is -2.52. The molecule has 4 aliphatic carbocycles. The number of likely N-dealkylation sites (N-methyl/N-ethyl adjacent to an activating group) is 1. The fourth-order valence-electron chi connectivity index (χ4n) is 17.1. The molecule has 13 aromatic rings. The molecule has 1 heterocycles. The molecule has 1 fully saturated rings. The van der Waals surface area contributed by atoms with Gasteiger partial charge < -0.3 is 43.6 Å². The van der Waals surface area contributed by atoms with Crippen LogP contribution in [-0.4, -0.2) is 86.2 Å². The molecule has 1 saturated heterocycles. The summed E-state index contributed by atoms with van der Waals surface area (Å²) in [6.07, 6.45) is 3.56. The summed E-state index contributed by atoms with van der Waals surface area (Å²) in [6.45, 7) is 0.319. The highest BCUT2D eigenvalue weighted by molar-refractivity contribution is 7.52. The van der Waals surface area contributed by atoms with Crippen molar-refractivity contribution in [2.45, 2.75) is 36.1 Å². The van der Waals surface area contributed by atoms with Gasteiger partial charge in [0.05, 0.1) is 55.2 Å². The smallest absolute Gasteiger partial charge is 0.325 e. The van der Waals surface area contributed by atoms with Gasteiger partial charge in [-0.3, -0.25) is 18.6 Å². The van der Waals surface area contributed by atoms with Gasteiger partial charge in [-0.05, 0) is 190 Å². The number of fused-ring (bicyclic) bond motifs is 3. The van der Waals surface area contributed by atoms with Crippen LogP contribution in [0.5, 0.6) is 17.2 Å². The van der Waals surface area contributed by atoms with E-state index >= 15 is 0 Å². The normalized spacial score (nSPS) is 21.6. The van der Waals surface area contributed by atoms with E-state index in [0.717, 1.165) is 5.56 Å². The van der Waals surface area contributed by atoms with Crippen LogP contribution in [0.1, 0.15) is 42.0 Å². The standard InChI is InChI=1S/C58H42NO12P3/c1-59-23-57-33-14-15-34-31-12-10-29-27-8-6-25-24-5-7-26-28-9-11-30(33)42-40(28)45-38(26)36(24)44-37(25)39(27)46-41(29)43(31)53(51-49(46)47(44)48(45)50(51)52(42)57)58(34,57)56(59)32-13-16-35(69-17-2-20-72(60,61)62)55(71-19-4-22-74(66,67)68)54(32)70-18-3-21-73(63,64)65/h5-16,56H,2-4,17-23H2,1H3,(H2,60,61,62)(H2,63,64,65)(H2,66,67,68). The zero-order valence-corrected chi connectivity index (χ0v) is 42.2. The van der Waals surface area contributed by atoms with E-state index in [2.05, 4.69) is 72.6 Å². The average Bonchev–Trinajstić information content (AvgIpc) is 4.04. The second-order valence-corrected chi connectivity index (χ2v) is 27.5. The molecule has 13 nitrogen and oxygen atoms in total. The highest BCUT2D eigenvalue weighted by Gasteiger charge is 2.74. The molecule has 366 valence electrons. The molecule has 0 saturated carbocycles. The first-order chi connectivity index (χ1) is 35.6. The van der Waals surface area contributed by atoms with E-state index in [1.165, 1.54) is 151 Å². The summed E-state index contributed by atoms with van der Waals surface area (Å²) in [5, 5.41) is 31.9. The van der Waals surface area contributed by atoms with Crippen molar-refractivity contribution < 1.29 is 57.3 Å². The lowest BCUT2D eigenvalue weighted by Crippen LogP contribution is -2.52. The van der Waals surface area contributed by atoms with E-state index in [0.29, 0.717) is 6.54 Å². The maximum Gasteiger partial charge on any atom is 0.325 e. The number of benzene rings is 9. The third kappa shape index (κ3) is 4.41. The monoisotopic (exact) mass is 1040 g/mol. The molecule has 0 bridgehead atoms. The summed E-state index contributed by atoms with van der Waals surface area (Å²) in [5.41, 5.74) is 4.59. The van der Waals surface area contributed by atoms with E-state index in [-0.39, 0.29) is 56.3 Å². The number of hydrogen-bond donors (Lipinski definition) is 6. The van der Waals surface area contributed by atoms with Gasteiger partial charge in [0.2, 0.25) is 5.75 Å². The van der Waals surface area contributed by atoms with E-state index in [4.69, 9.17) is 14.2 Å². The Bertz CT molecular complexity index is 5040. The first kappa shape index (κ1) is 42.3. The van der Waals surface area contributed by atoms with Crippen molar-refractivity contribution >= 4 is 152 Å². The van der Waals surface area contributed by atoms with Crippen molar-refractivity contribution in [3.05, 3.63) is 99.9 Å². The van der Waals surface area contributed by atoms with Gasteiger partial charge in [0.25, 0.3) is 0 Å². The molecule has 18 rings (SSSR count). The fourth-order valence-corrected chi connectivity index (χ4v) is 18.8. The lowest BCUT2D eigenvalue weighted by molar-refractivity contribution is 0.226. The second-order valence-electron chi connectivity index (χ2n) is 22.2. The Balaban J connectivity index is 0.985.